The zero-order valence-corrected chi connectivity index (χ0v) is 14.8. The van der Waals surface area contributed by atoms with Crippen LogP contribution in [0.3, 0.4) is 0 Å². The number of furan rings is 1. The second kappa shape index (κ2) is 6.36. The summed E-state index contributed by atoms with van der Waals surface area (Å²) in [6.07, 6.45) is 7.17. The van der Waals surface area contributed by atoms with Gasteiger partial charge in [-0.1, -0.05) is 12.1 Å². The highest BCUT2D eigenvalue weighted by atomic mass is 16.5. The van der Waals surface area contributed by atoms with Gasteiger partial charge in [0, 0.05) is 29.9 Å². The first kappa shape index (κ1) is 15.8. The fourth-order valence-corrected chi connectivity index (χ4v) is 3.46. The van der Waals surface area contributed by atoms with Gasteiger partial charge in [-0.25, -0.2) is 0 Å². The number of rotatable bonds is 7. The Morgan fingerprint density at radius 2 is 2.08 bits per heavy atom. The smallest absolute Gasteiger partial charge is 0.241 e. The number of hydrogen-bond donors (Lipinski definition) is 0. The Morgan fingerprint density at radius 1 is 1.19 bits per heavy atom. The number of aromatic nitrogens is 3. The molecule has 0 amide bonds. The maximum absolute atomic E-state index is 6.08. The highest BCUT2D eigenvalue weighted by Gasteiger charge is 2.37. The molecule has 0 bridgehead atoms. The van der Waals surface area contributed by atoms with E-state index in [2.05, 4.69) is 39.1 Å². The second-order valence-electron chi connectivity index (χ2n) is 7.51. The first-order valence-corrected chi connectivity index (χ1v) is 9.32. The zero-order valence-electron chi connectivity index (χ0n) is 14.8. The van der Waals surface area contributed by atoms with Crippen molar-refractivity contribution < 1.29 is 8.94 Å². The maximum Gasteiger partial charge on any atom is 0.241 e. The molecule has 0 aromatic carbocycles. The molecule has 26 heavy (non-hydrogen) atoms. The largest absolute Gasteiger partial charge is 0.464 e. The Kier molecular flexibility index (Phi) is 3.85. The van der Waals surface area contributed by atoms with E-state index in [1.54, 1.807) is 12.4 Å². The van der Waals surface area contributed by atoms with Crippen LogP contribution in [-0.4, -0.2) is 26.1 Å². The van der Waals surface area contributed by atoms with Crippen molar-refractivity contribution in [2.45, 2.75) is 51.2 Å². The SMILES string of the molecule is C[C@H]1C[C@@H]1c1ccc(CN(Cc2nc(-c3cccnc3)no2)C2CC2)o1. The van der Waals surface area contributed by atoms with Crippen LogP contribution in [0.1, 0.15) is 49.5 Å². The van der Waals surface area contributed by atoms with E-state index in [1.807, 2.05) is 12.1 Å². The summed E-state index contributed by atoms with van der Waals surface area (Å²) in [4.78, 5) is 11.0. The van der Waals surface area contributed by atoms with E-state index in [0.29, 0.717) is 30.2 Å². The predicted molar refractivity (Wildman–Crippen MR) is 95.0 cm³/mol. The minimum absolute atomic E-state index is 0.581. The highest BCUT2D eigenvalue weighted by molar-refractivity contribution is 5.51. The van der Waals surface area contributed by atoms with Crippen LogP contribution >= 0.6 is 0 Å². The summed E-state index contributed by atoms with van der Waals surface area (Å²) in [5.74, 6) is 4.78. The minimum atomic E-state index is 0.581. The second-order valence-corrected chi connectivity index (χ2v) is 7.51. The maximum atomic E-state index is 6.08. The monoisotopic (exact) mass is 350 g/mol. The van der Waals surface area contributed by atoms with Crippen LogP contribution in [0, 0.1) is 5.92 Å². The molecule has 3 aromatic rings. The van der Waals surface area contributed by atoms with Gasteiger partial charge in [0.25, 0.3) is 0 Å². The molecule has 5 rings (SSSR count). The summed E-state index contributed by atoms with van der Waals surface area (Å²) < 4.78 is 11.6. The van der Waals surface area contributed by atoms with Crippen LogP contribution in [0.2, 0.25) is 0 Å². The Labute approximate surface area is 152 Å². The lowest BCUT2D eigenvalue weighted by Gasteiger charge is -2.18. The van der Waals surface area contributed by atoms with E-state index in [0.717, 1.165) is 29.5 Å². The molecule has 6 heteroatoms. The van der Waals surface area contributed by atoms with Crippen molar-refractivity contribution in [2.75, 3.05) is 0 Å². The molecule has 2 atom stereocenters. The van der Waals surface area contributed by atoms with E-state index < -0.39 is 0 Å². The topological polar surface area (TPSA) is 68.2 Å². The van der Waals surface area contributed by atoms with Gasteiger partial charge < -0.3 is 8.94 Å². The lowest BCUT2D eigenvalue weighted by atomic mass is 10.3. The van der Waals surface area contributed by atoms with Crippen LogP contribution in [0.4, 0.5) is 0 Å². The molecule has 0 aliphatic heterocycles. The summed E-state index contributed by atoms with van der Waals surface area (Å²) in [5, 5.41) is 4.09. The van der Waals surface area contributed by atoms with Crippen molar-refractivity contribution in [3.05, 3.63) is 54.1 Å². The average molecular weight is 350 g/mol. The van der Waals surface area contributed by atoms with Gasteiger partial charge in [0.15, 0.2) is 0 Å². The third-order valence-corrected chi connectivity index (χ3v) is 5.31. The minimum Gasteiger partial charge on any atom is -0.464 e. The van der Waals surface area contributed by atoms with E-state index in [4.69, 9.17) is 8.94 Å². The molecular weight excluding hydrogens is 328 g/mol. The molecule has 0 spiro atoms. The predicted octanol–water partition coefficient (Wildman–Crippen LogP) is 4.01. The summed E-state index contributed by atoms with van der Waals surface area (Å²) in [7, 11) is 0. The first-order valence-electron chi connectivity index (χ1n) is 9.32. The molecule has 2 saturated carbocycles. The molecule has 0 radical (unpaired) electrons. The van der Waals surface area contributed by atoms with Gasteiger partial charge >= 0.3 is 0 Å². The van der Waals surface area contributed by atoms with Crippen LogP contribution in [-0.2, 0) is 13.1 Å². The molecule has 0 N–H and O–H groups in total. The van der Waals surface area contributed by atoms with Crippen molar-refractivity contribution >= 4 is 0 Å². The Morgan fingerprint density at radius 3 is 2.81 bits per heavy atom. The molecule has 2 aliphatic carbocycles. The molecule has 3 aromatic heterocycles. The summed E-state index contributed by atoms with van der Waals surface area (Å²) in [5.41, 5.74) is 0.870. The van der Waals surface area contributed by atoms with Crippen LogP contribution < -0.4 is 0 Å². The fraction of sp³-hybridized carbons (Fsp3) is 0.450. The van der Waals surface area contributed by atoms with Gasteiger partial charge in [-0.05, 0) is 49.4 Å². The summed E-state index contributed by atoms with van der Waals surface area (Å²) in [6.45, 7) is 3.71. The number of pyridine rings is 1. The van der Waals surface area contributed by atoms with E-state index >= 15 is 0 Å². The highest BCUT2D eigenvalue weighted by Crippen LogP contribution is 2.47. The van der Waals surface area contributed by atoms with Gasteiger partial charge in [0.05, 0.1) is 13.1 Å². The molecule has 2 fully saturated rings. The van der Waals surface area contributed by atoms with Crippen molar-refractivity contribution in [3.63, 3.8) is 0 Å². The van der Waals surface area contributed by atoms with Gasteiger partial charge in [-0.2, -0.15) is 4.98 Å². The molecule has 6 nitrogen and oxygen atoms in total. The first-order chi connectivity index (χ1) is 12.8. The van der Waals surface area contributed by atoms with E-state index in [9.17, 15) is 0 Å². The lowest BCUT2D eigenvalue weighted by Crippen LogP contribution is -2.25. The van der Waals surface area contributed by atoms with Crippen LogP contribution in [0.25, 0.3) is 11.4 Å². The molecule has 0 unspecified atom stereocenters. The van der Waals surface area contributed by atoms with Gasteiger partial charge in [0.2, 0.25) is 11.7 Å². The normalized spacial score (nSPS) is 22.1. The van der Waals surface area contributed by atoms with Crippen molar-refractivity contribution in [1.29, 1.82) is 0 Å². The molecule has 2 aliphatic rings. The van der Waals surface area contributed by atoms with Gasteiger partial charge in [-0.15, -0.1) is 0 Å². The Hall–Kier alpha value is -2.47. The Balaban J connectivity index is 1.28. The third kappa shape index (κ3) is 3.29. The van der Waals surface area contributed by atoms with Crippen molar-refractivity contribution in [2.24, 2.45) is 5.92 Å². The average Bonchev–Trinajstić information content (AvgIpc) is 3.54. The zero-order chi connectivity index (χ0) is 17.5. The van der Waals surface area contributed by atoms with Gasteiger partial charge in [0.1, 0.15) is 11.5 Å². The van der Waals surface area contributed by atoms with Crippen LogP contribution in [0.15, 0.2) is 45.6 Å². The van der Waals surface area contributed by atoms with E-state index in [1.165, 1.54) is 19.3 Å². The van der Waals surface area contributed by atoms with E-state index in [-0.39, 0.29) is 0 Å². The van der Waals surface area contributed by atoms with Crippen molar-refractivity contribution in [1.82, 2.24) is 20.0 Å². The lowest BCUT2D eigenvalue weighted by molar-refractivity contribution is 0.194. The van der Waals surface area contributed by atoms with Crippen molar-refractivity contribution in [3.8, 4) is 11.4 Å². The summed E-state index contributed by atoms with van der Waals surface area (Å²) in [6, 6.07) is 8.64. The fourth-order valence-electron chi connectivity index (χ4n) is 3.46. The number of nitrogens with zero attached hydrogens (tertiary/aromatic N) is 4. The number of hydrogen-bond acceptors (Lipinski definition) is 6. The molecular formula is C20H22N4O2. The van der Waals surface area contributed by atoms with Gasteiger partial charge in [-0.3, -0.25) is 9.88 Å². The third-order valence-electron chi connectivity index (χ3n) is 5.31. The quantitative estimate of drug-likeness (QED) is 0.641. The summed E-state index contributed by atoms with van der Waals surface area (Å²) >= 11 is 0. The standard InChI is InChI=1S/C20H22N4O2/c1-13-9-17(13)18-7-6-16(25-18)11-24(15-4-5-15)12-19-22-20(23-26-19)14-3-2-8-21-10-14/h2-3,6-8,10,13,15,17H,4-5,9,11-12H2,1H3/t13-,17-/m0/s1. The Bertz CT molecular complexity index is 884. The van der Waals surface area contributed by atoms with Crippen LogP contribution in [0.5, 0.6) is 0 Å². The molecule has 3 heterocycles. The molecule has 0 saturated heterocycles. The molecule has 134 valence electrons.